The molecule has 0 spiro atoms. The third-order valence-corrected chi connectivity index (χ3v) is 6.53. The molecule has 0 unspecified atom stereocenters. The van der Waals surface area contributed by atoms with Crippen LogP contribution in [-0.4, -0.2) is 42.5 Å². The number of carbonyl (C=O) groups is 2. The van der Waals surface area contributed by atoms with Crippen molar-refractivity contribution in [2.24, 2.45) is 0 Å². The van der Waals surface area contributed by atoms with Gasteiger partial charge in [-0.2, -0.15) is 16.8 Å². The maximum Gasteiger partial charge on any atom is 0.295 e. The first-order valence-electron chi connectivity index (χ1n) is 8.05. The highest BCUT2D eigenvalue weighted by Crippen LogP contribution is 2.34. The SMILES string of the molecule is O=C1c2ccccc2C(=O)C1c1ccc2cc(S(=O)(=O)O)c(S(=O)(=O)O)cc2n1. The molecule has 1 aliphatic carbocycles. The zero-order valence-electron chi connectivity index (χ0n) is 14.3. The van der Waals surface area contributed by atoms with Crippen LogP contribution in [0.1, 0.15) is 32.3 Å². The molecule has 0 amide bonds. The van der Waals surface area contributed by atoms with Gasteiger partial charge in [0.2, 0.25) is 0 Å². The van der Waals surface area contributed by atoms with Gasteiger partial charge < -0.3 is 0 Å². The van der Waals surface area contributed by atoms with Gasteiger partial charge in [0, 0.05) is 16.5 Å². The number of hydrogen-bond acceptors (Lipinski definition) is 7. The minimum atomic E-state index is -5.02. The first-order chi connectivity index (χ1) is 13.5. The fourth-order valence-electron chi connectivity index (χ4n) is 3.32. The molecule has 0 fully saturated rings. The summed E-state index contributed by atoms with van der Waals surface area (Å²) in [5.41, 5.74) is 0.471. The molecule has 4 rings (SSSR count). The molecule has 1 aromatic heterocycles. The van der Waals surface area contributed by atoms with Crippen LogP contribution in [-0.2, 0) is 20.2 Å². The van der Waals surface area contributed by atoms with Gasteiger partial charge in [-0.05, 0) is 18.2 Å². The second-order valence-electron chi connectivity index (χ2n) is 6.38. The Hall–Kier alpha value is -2.99. The first kappa shape index (κ1) is 19.3. The Balaban J connectivity index is 1.92. The van der Waals surface area contributed by atoms with Crippen molar-refractivity contribution in [2.75, 3.05) is 0 Å². The fourth-order valence-corrected chi connectivity index (χ4v) is 5.12. The van der Waals surface area contributed by atoms with Crippen molar-refractivity contribution in [1.29, 1.82) is 0 Å². The molecule has 0 saturated heterocycles. The maximum atomic E-state index is 12.6. The van der Waals surface area contributed by atoms with E-state index in [0.717, 1.165) is 12.1 Å². The molecule has 2 N–H and O–H groups in total. The Labute approximate surface area is 164 Å². The van der Waals surface area contributed by atoms with Crippen LogP contribution in [0.3, 0.4) is 0 Å². The number of aromatic nitrogens is 1. The van der Waals surface area contributed by atoms with Crippen LogP contribution < -0.4 is 0 Å². The van der Waals surface area contributed by atoms with E-state index in [0.29, 0.717) is 0 Å². The zero-order chi connectivity index (χ0) is 21.1. The van der Waals surface area contributed by atoms with Gasteiger partial charge in [0.25, 0.3) is 20.2 Å². The van der Waals surface area contributed by atoms with E-state index in [9.17, 15) is 35.5 Å². The molecule has 1 aliphatic rings. The van der Waals surface area contributed by atoms with Crippen molar-refractivity contribution in [2.45, 2.75) is 15.7 Å². The lowest BCUT2D eigenvalue weighted by Crippen LogP contribution is -2.15. The number of carbonyl (C=O) groups excluding carboxylic acids is 2. The van der Waals surface area contributed by atoms with E-state index in [4.69, 9.17) is 0 Å². The summed E-state index contributed by atoms with van der Waals surface area (Å²) < 4.78 is 64.8. The van der Waals surface area contributed by atoms with Crippen molar-refractivity contribution in [1.82, 2.24) is 4.98 Å². The van der Waals surface area contributed by atoms with E-state index in [-0.39, 0.29) is 27.7 Å². The first-order valence-corrected chi connectivity index (χ1v) is 10.9. The van der Waals surface area contributed by atoms with Gasteiger partial charge in [-0.3, -0.25) is 23.7 Å². The quantitative estimate of drug-likeness (QED) is 0.465. The van der Waals surface area contributed by atoms with E-state index in [1.165, 1.54) is 24.3 Å². The maximum absolute atomic E-state index is 12.6. The monoisotopic (exact) mass is 433 g/mol. The Morgan fingerprint density at radius 3 is 1.79 bits per heavy atom. The molecule has 0 bridgehead atoms. The van der Waals surface area contributed by atoms with Crippen molar-refractivity contribution in [3.8, 4) is 0 Å². The molecule has 1 heterocycles. The molecule has 9 nitrogen and oxygen atoms in total. The topological polar surface area (TPSA) is 156 Å². The molecule has 0 atom stereocenters. The normalized spacial score (nSPS) is 15.1. The van der Waals surface area contributed by atoms with E-state index >= 15 is 0 Å². The van der Waals surface area contributed by atoms with Crippen LogP contribution >= 0.6 is 0 Å². The summed E-state index contributed by atoms with van der Waals surface area (Å²) in [7, 11) is -9.98. The van der Waals surface area contributed by atoms with Crippen molar-refractivity contribution in [3.05, 3.63) is 65.4 Å². The second kappa shape index (κ2) is 6.26. The van der Waals surface area contributed by atoms with Crippen LogP contribution in [0.5, 0.6) is 0 Å². The van der Waals surface area contributed by atoms with E-state index in [1.807, 2.05) is 0 Å². The molecular weight excluding hydrogens is 422 g/mol. The van der Waals surface area contributed by atoms with E-state index in [1.54, 1.807) is 12.1 Å². The highest BCUT2D eigenvalue weighted by atomic mass is 32.2. The Morgan fingerprint density at radius 2 is 1.28 bits per heavy atom. The Bertz CT molecular complexity index is 1410. The minimum Gasteiger partial charge on any atom is -0.293 e. The molecule has 3 aromatic rings. The van der Waals surface area contributed by atoms with Gasteiger partial charge in [0.1, 0.15) is 15.7 Å². The number of benzene rings is 2. The predicted octanol–water partition coefficient (Wildman–Crippen LogP) is 1.89. The lowest BCUT2D eigenvalue weighted by molar-refractivity contribution is 0.0888. The van der Waals surface area contributed by atoms with Gasteiger partial charge in [-0.1, -0.05) is 30.3 Å². The smallest absolute Gasteiger partial charge is 0.293 e. The van der Waals surface area contributed by atoms with Crippen molar-refractivity contribution in [3.63, 3.8) is 0 Å². The standard InChI is InChI=1S/C18H11NO8S2/c20-17-10-3-1-2-4-11(10)18(21)16(17)12-6-5-9-7-14(28(22,23)24)15(29(25,26)27)8-13(9)19-12/h1-8,16H,(H,22,23,24)(H,25,26,27). The van der Waals surface area contributed by atoms with Crippen LogP contribution in [0, 0.1) is 0 Å². The van der Waals surface area contributed by atoms with Gasteiger partial charge in [0.05, 0.1) is 11.2 Å². The molecule has 148 valence electrons. The highest BCUT2D eigenvalue weighted by molar-refractivity contribution is 7.89. The third-order valence-electron chi connectivity index (χ3n) is 4.61. The minimum absolute atomic E-state index is 0.0459. The lowest BCUT2D eigenvalue weighted by Gasteiger charge is -2.10. The van der Waals surface area contributed by atoms with Gasteiger partial charge in [-0.25, -0.2) is 0 Å². The van der Waals surface area contributed by atoms with Crippen molar-refractivity contribution >= 4 is 42.7 Å². The Kier molecular flexibility index (Phi) is 4.17. The summed E-state index contributed by atoms with van der Waals surface area (Å²) in [6.45, 7) is 0. The average molecular weight is 433 g/mol. The largest absolute Gasteiger partial charge is 0.295 e. The number of fused-ring (bicyclic) bond motifs is 2. The van der Waals surface area contributed by atoms with Gasteiger partial charge in [0.15, 0.2) is 11.6 Å². The number of pyridine rings is 1. The molecule has 0 saturated carbocycles. The molecule has 2 aromatic carbocycles. The summed E-state index contributed by atoms with van der Waals surface area (Å²) >= 11 is 0. The van der Waals surface area contributed by atoms with Crippen LogP contribution in [0.2, 0.25) is 0 Å². The molecular formula is C18H11NO8S2. The van der Waals surface area contributed by atoms with Gasteiger partial charge >= 0.3 is 0 Å². The van der Waals surface area contributed by atoms with Gasteiger partial charge in [-0.15, -0.1) is 0 Å². The summed E-state index contributed by atoms with van der Waals surface area (Å²) in [5.74, 6) is -2.13. The Morgan fingerprint density at radius 1 is 0.759 bits per heavy atom. The predicted molar refractivity (Wildman–Crippen MR) is 99.2 cm³/mol. The lowest BCUT2D eigenvalue weighted by atomic mass is 9.98. The number of Topliss-reactive ketones (excluding diaryl/α,β-unsaturated/α-hetero) is 2. The number of rotatable bonds is 3. The summed E-state index contributed by atoms with van der Waals surface area (Å²) in [5, 5.41) is 0.115. The average Bonchev–Trinajstić information content (AvgIpc) is 2.90. The molecule has 0 radical (unpaired) electrons. The molecule has 11 heteroatoms. The zero-order valence-corrected chi connectivity index (χ0v) is 15.9. The van der Waals surface area contributed by atoms with E-state index in [2.05, 4.69) is 4.98 Å². The van der Waals surface area contributed by atoms with Crippen LogP contribution in [0.15, 0.2) is 58.3 Å². The summed E-state index contributed by atoms with van der Waals surface area (Å²) in [6.07, 6.45) is 0. The van der Waals surface area contributed by atoms with Crippen molar-refractivity contribution < 1.29 is 35.5 Å². The number of hydrogen-bond donors (Lipinski definition) is 2. The highest BCUT2D eigenvalue weighted by Gasteiger charge is 2.40. The fraction of sp³-hybridized carbons (Fsp3) is 0.0556. The number of nitrogens with zero attached hydrogens (tertiary/aromatic N) is 1. The van der Waals surface area contributed by atoms with E-state index < -0.39 is 47.5 Å². The summed E-state index contributed by atoms with van der Waals surface area (Å²) in [6, 6.07) is 10.5. The van der Waals surface area contributed by atoms with Crippen LogP contribution in [0.25, 0.3) is 10.9 Å². The number of ketones is 2. The van der Waals surface area contributed by atoms with Crippen LogP contribution in [0.4, 0.5) is 0 Å². The third kappa shape index (κ3) is 3.13. The molecule has 0 aliphatic heterocycles. The molecule has 29 heavy (non-hydrogen) atoms. The summed E-state index contributed by atoms with van der Waals surface area (Å²) in [4.78, 5) is 27.4. The second-order valence-corrected chi connectivity index (χ2v) is 9.16.